The molecular weight excluding hydrogens is 259 g/mol. The molecule has 1 rings (SSSR count). The summed E-state index contributed by atoms with van der Waals surface area (Å²) >= 11 is 5.96. The van der Waals surface area contributed by atoms with Crippen molar-refractivity contribution in [3.8, 4) is 5.75 Å². The third-order valence-corrected chi connectivity index (χ3v) is 5.46. The van der Waals surface area contributed by atoms with Crippen molar-refractivity contribution in [1.29, 1.82) is 0 Å². The summed E-state index contributed by atoms with van der Waals surface area (Å²) in [7, 11) is 0.444. The zero-order valence-corrected chi connectivity index (χ0v) is 12.9. The number of ether oxygens (including phenoxy) is 2. The van der Waals surface area contributed by atoms with Gasteiger partial charge in [-0.15, -0.1) is 0 Å². The number of hydrogen-bond donors (Lipinski definition) is 0. The van der Waals surface area contributed by atoms with Gasteiger partial charge in [0, 0.05) is 20.3 Å². The van der Waals surface area contributed by atoms with Crippen molar-refractivity contribution in [3.05, 3.63) is 18.2 Å². The zero-order valence-electron chi connectivity index (χ0n) is 10.1. The van der Waals surface area contributed by atoms with E-state index in [1.54, 1.807) is 7.11 Å². The number of benzene rings is 1. The molecule has 0 radical (unpaired) electrons. The van der Waals surface area contributed by atoms with Crippen LogP contribution < -0.4 is 15.2 Å². The van der Waals surface area contributed by atoms with E-state index in [0.717, 1.165) is 11.1 Å². The molecule has 2 nitrogen and oxygen atoms in total. The van der Waals surface area contributed by atoms with E-state index in [9.17, 15) is 0 Å². The van der Waals surface area contributed by atoms with Gasteiger partial charge in [0.25, 0.3) is 0 Å². The monoisotopic (exact) mass is 276 g/mol. The predicted octanol–water partition coefficient (Wildman–Crippen LogP) is 2.67. The summed E-state index contributed by atoms with van der Waals surface area (Å²) in [5, 5.41) is 2.37. The molecule has 1 atom stereocenters. The molecule has 0 aliphatic carbocycles. The van der Waals surface area contributed by atoms with Crippen LogP contribution in [0.4, 0.5) is 0 Å². The molecule has 0 aliphatic heterocycles. The van der Waals surface area contributed by atoms with Crippen molar-refractivity contribution < 1.29 is 9.47 Å². The van der Waals surface area contributed by atoms with Gasteiger partial charge in [-0.2, -0.15) is 0 Å². The van der Waals surface area contributed by atoms with Crippen molar-refractivity contribution in [2.45, 2.75) is 19.6 Å². The molecule has 0 saturated heterocycles. The molecule has 90 valence electrons. The van der Waals surface area contributed by atoms with Crippen molar-refractivity contribution in [3.63, 3.8) is 0 Å². The summed E-state index contributed by atoms with van der Waals surface area (Å²) in [6.45, 7) is 7.16. The third kappa shape index (κ3) is 3.46. The Labute approximate surface area is 105 Å². The summed E-state index contributed by atoms with van der Waals surface area (Å²) in [6.07, 6.45) is 0. The van der Waals surface area contributed by atoms with Crippen molar-refractivity contribution in [2.24, 2.45) is 0 Å². The summed E-state index contributed by atoms with van der Waals surface area (Å²) in [6, 6.07) is 6.20. The Bertz CT molecular complexity index is 352. The summed E-state index contributed by atoms with van der Waals surface area (Å²) < 4.78 is 10.6. The summed E-state index contributed by atoms with van der Waals surface area (Å²) in [5.74, 6) is 0.928. The molecule has 1 aromatic carbocycles. The first kappa shape index (κ1) is 14.0. The minimum atomic E-state index is -1.41. The van der Waals surface area contributed by atoms with Gasteiger partial charge in [-0.1, -0.05) is 43.0 Å². The SMILES string of the molecule is COCOc1c(PCl)cccc1[Si](C)(C)C. The minimum absolute atomic E-state index is 0.229. The number of rotatable bonds is 5. The molecule has 0 saturated carbocycles. The lowest BCUT2D eigenvalue weighted by Crippen LogP contribution is -2.40. The molecule has 0 amide bonds. The first-order chi connectivity index (χ1) is 7.50. The Balaban J connectivity index is 3.15. The number of hydrogen-bond acceptors (Lipinski definition) is 2. The Morgan fingerprint density at radius 3 is 2.50 bits per heavy atom. The van der Waals surface area contributed by atoms with E-state index in [4.69, 9.17) is 20.7 Å². The second-order valence-corrected chi connectivity index (χ2v) is 10.9. The lowest BCUT2D eigenvalue weighted by atomic mass is 10.3. The lowest BCUT2D eigenvalue weighted by Gasteiger charge is -2.22. The Hall–Kier alpha value is -0.0831. The Morgan fingerprint density at radius 1 is 1.31 bits per heavy atom. The molecule has 0 fully saturated rings. The lowest BCUT2D eigenvalue weighted by molar-refractivity contribution is 0.0526. The average molecular weight is 277 g/mol. The molecule has 0 spiro atoms. The Kier molecular flexibility index (Phi) is 5.26. The number of halogens is 1. The van der Waals surface area contributed by atoms with Crippen LogP contribution in [0.1, 0.15) is 0 Å². The predicted molar refractivity (Wildman–Crippen MR) is 75.7 cm³/mol. The zero-order chi connectivity index (χ0) is 12.2. The van der Waals surface area contributed by atoms with Gasteiger partial charge in [0.2, 0.25) is 0 Å². The van der Waals surface area contributed by atoms with Gasteiger partial charge in [0.15, 0.2) is 6.79 Å². The van der Waals surface area contributed by atoms with Gasteiger partial charge in [-0.3, -0.25) is 0 Å². The van der Waals surface area contributed by atoms with Gasteiger partial charge in [0.05, 0.1) is 8.07 Å². The van der Waals surface area contributed by atoms with Crippen molar-refractivity contribution >= 4 is 37.7 Å². The summed E-state index contributed by atoms with van der Waals surface area (Å²) in [4.78, 5) is 0. The van der Waals surface area contributed by atoms with Crippen LogP contribution in [0, 0.1) is 0 Å². The highest BCUT2D eigenvalue weighted by molar-refractivity contribution is 7.75. The molecule has 0 bridgehead atoms. The number of para-hydroxylation sites is 1. The van der Waals surface area contributed by atoms with Crippen LogP contribution in [-0.2, 0) is 4.74 Å². The van der Waals surface area contributed by atoms with E-state index in [0.29, 0.717) is 0 Å². The van der Waals surface area contributed by atoms with Gasteiger partial charge < -0.3 is 9.47 Å². The molecule has 1 aromatic rings. The van der Waals surface area contributed by atoms with Gasteiger partial charge in [-0.25, -0.2) is 0 Å². The van der Waals surface area contributed by atoms with E-state index in [1.807, 2.05) is 6.07 Å². The van der Waals surface area contributed by atoms with Gasteiger partial charge in [0.1, 0.15) is 5.75 Å². The van der Waals surface area contributed by atoms with E-state index >= 15 is 0 Å². The molecular formula is C11H18ClO2PSi. The smallest absolute Gasteiger partial charge is 0.188 e. The van der Waals surface area contributed by atoms with E-state index < -0.39 is 8.07 Å². The van der Waals surface area contributed by atoms with Crippen LogP contribution in [0.5, 0.6) is 5.75 Å². The first-order valence-corrected chi connectivity index (χ1v) is 10.6. The fourth-order valence-electron chi connectivity index (χ4n) is 1.48. The first-order valence-electron chi connectivity index (χ1n) is 5.12. The molecule has 0 heterocycles. The standard InChI is InChI=1S/C11H18ClO2PSi/c1-13-8-14-11-9(15-12)6-5-7-10(11)16(2,3)4/h5-7,15H,8H2,1-4H3. The van der Waals surface area contributed by atoms with Crippen molar-refractivity contribution in [1.82, 2.24) is 0 Å². The molecule has 5 heteroatoms. The molecule has 0 N–H and O–H groups in total. The minimum Gasteiger partial charge on any atom is -0.467 e. The highest BCUT2D eigenvalue weighted by Gasteiger charge is 2.22. The average Bonchev–Trinajstić information content (AvgIpc) is 2.24. The normalized spacial score (nSPS) is 12.3. The molecule has 16 heavy (non-hydrogen) atoms. The number of methoxy groups -OCH3 is 1. The van der Waals surface area contributed by atoms with Crippen LogP contribution in [-0.4, -0.2) is 22.0 Å². The van der Waals surface area contributed by atoms with Crippen LogP contribution in [0.3, 0.4) is 0 Å². The Morgan fingerprint density at radius 2 is 2.00 bits per heavy atom. The second kappa shape index (κ2) is 6.01. The maximum atomic E-state index is 5.96. The fourth-order valence-corrected chi connectivity index (χ4v) is 3.98. The maximum absolute atomic E-state index is 5.96. The maximum Gasteiger partial charge on any atom is 0.188 e. The highest BCUT2D eigenvalue weighted by atomic mass is 35.7. The van der Waals surface area contributed by atoms with Crippen LogP contribution in [0.25, 0.3) is 0 Å². The van der Waals surface area contributed by atoms with E-state index in [1.165, 1.54) is 5.19 Å². The van der Waals surface area contributed by atoms with Gasteiger partial charge >= 0.3 is 0 Å². The third-order valence-electron chi connectivity index (χ3n) is 2.25. The summed E-state index contributed by atoms with van der Waals surface area (Å²) in [5.41, 5.74) is 0. The topological polar surface area (TPSA) is 18.5 Å². The molecule has 0 aliphatic rings. The largest absolute Gasteiger partial charge is 0.467 e. The van der Waals surface area contributed by atoms with Gasteiger partial charge in [-0.05, 0) is 11.3 Å². The second-order valence-electron chi connectivity index (χ2n) is 4.58. The van der Waals surface area contributed by atoms with Crippen LogP contribution >= 0.6 is 19.2 Å². The van der Waals surface area contributed by atoms with E-state index in [-0.39, 0.29) is 14.7 Å². The van der Waals surface area contributed by atoms with Crippen LogP contribution in [0.15, 0.2) is 18.2 Å². The fraction of sp³-hybridized carbons (Fsp3) is 0.455. The van der Waals surface area contributed by atoms with Crippen LogP contribution in [0.2, 0.25) is 19.6 Å². The molecule has 1 unspecified atom stereocenters. The highest BCUT2D eigenvalue weighted by Crippen LogP contribution is 2.23. The van der Waals surface area contributed by atoms with Crippen molar-refractivity contribution in [2.75, 3.05) is 13.9 Å². The molecule has 0 aromatic heterocycles. The van der Waals surface area contributed by atoms with E-state index in [2.05, 4.69) is 31.8 Å². The quantitative estimate of drug-likeness (QED) is 0.468.